The molecule has 2 fully saturated rings. The lowest BCUT2D eigenvalue weighted by Crippen LogP contribution is -2.42. The Bertz CT molecular complexity index is 1030. The van der Waals surface area contributed by atoms with Gasteiger partial charge in [-0.3, -0.25) is 19.3 Å². The topological polar surface area (TPSA) is 80.2 Å². The van der Waals surface area contributed by atoms with Crippen LogP contribution in [0, 0.1) is 6.92 Å². The SMILES string of the molecule is CCC/C=C\c1c(C)ncc2c(=O)[nH]c(=O)n(C3CCN(CC4CCCO4)CC3)c12. The van der Waals surface area contributed by atoms with E-state index < -0.39 is 0 Å². The third kappa shape index (κ3) is 4.27. The van der Waals surface area contributed by atoms with Crippen LogP contribution in [0.25, 0.3) is 17.0 Å². The molecule has 0 aliphatic carbocycles. The lowest BCUT2D eigenvalue weighted by Gasteiger charge is -2.34. The van der Waals surface area contributed by atoms with Crippen LogP contribution in [0.2, 0.25) is 0 Å². The van der Waals surface area contributed by atoms with Crippen LogP contribution in [0.3, 0.4) is 0 Å². The second kappa shape index (κ2) is 9.27. The largest absolute Gasteiger partial charge is 0.377 e. The highest BCUT2D eigenvalue weighted by atomic mass is 16.5. The number of rotatable bonds is 6. The number of H-pyrrole nitrogens is 1. The second-order valence-corrected chi connectivity index (χ2v) is 8.51. The summed E-state index contributed by atoms with van der Waals surface area (Å²) in [6.07, 6.45) is 12.1. The van der Waals surface area contributed by atoms with Crippen molar-refractivity contribution in [3.63, 3.8) is 0 Å². The molecule has 4 heterocycles. The Morgan fingerprint density at radius 1 is 1.27 bits per heavy atom. The van der Waals surface area contributed by atoms with Crippen LogP contribution in [0.4, 0.5) is 0 Å². The van der Waals surface area contributed by atoms with Gasteiger partial charge in [0.1, 0.15) is 0 Å². The Kier molecular flexibility index (Phi) is 6.49. The van der Waals surface area contributed by atoms with Gasteiger partial charge in [0.05, 0.1) is 17.0 Å². The fourth-order valence-electron chi connectivity index (χ4n) is 4.71. The molecular weight excluding hydrogens is 380 g/mol. The Morgan fingerprint density at radius 3 is 2.77 bits per heavy atom. The number of aryl methyl sites for hydroxylation is 1. The minimum Gasteiger partial charge on any atom is -0.377 e. The number of nitrogens with zero attached hydrogens (tertiary/aromatic N) is 3. The molecule has 1 unspecified atom stereocenters. The first kappa shape index (κ1) is 21.0. The van der Waals surface area contributed by atoms with Crippen molar-refractivity contribution in [3.8, 4) is 0 Å². The third-order valence-corrected chi connectivity index (χ3v) is 6.36. The van der Waals surface area contributed by atoms with Gasteiger partial charge in [-0.25, -0.2) is 4.79 Å². The Morgan fingerprint density at radius 2 is 2.07 bits per heavy atom. The summed E-state index contributed by atoms with van der Waals surface area (Å²) in [5.41, 5.74) is 1.76. The van der Waals surface area contributed by atoms with Crippen LogP contribution in [-0.4, -0.2) is 51.8 Å². The summed E-state index contributed by atoms with van der Waals surface area (Å²) in [5.74, 6) is 0. The highest BCUT2D eigenvalue weighted by molar-refractivity contribution is 5.87. The van der Waals surface area contributed by atoms with Crippen LogP contribution in [-0.2, 0) is 4.74 Å². The van der Waals surface area contributed by atoms with E-state index in [0.717, 1.165) is 81.5 Å². The summed E-state index contributed by atoms with van der Waals surface area (Å²) in [4.78, 5) is 34.8. The van der Waals surface area contributed by atoms with Crippen molar-refractivity contribution in [2.45, 2.75) is 64.5 Å². The maximum absolute atomic E-state index is 12.9. The van der Waals surface area contributed by atoms with Gasteiger partial charge in [-0.15, -0.1) is 0 Å². The molecule has 2 aromatic heterocycles. The fraction of sp³-hybridized carbons (Fsp3) is 0.609. The molecule has 0 bridgehead atoms. The standard InChI is InChI=1S/C23H32N4O3/c1-3-4-5-8-19-16(2)24-14-20-21(19)27(23(29)25-22(20)28)17-9-11-26(12-10-17)15-18-7-6-13-30-18/h5,8,14,17-18H,3-4,6-7,9-13,15H2,1-2H3,(H,25,28,29)/b8-5-. The van der Waals surface area contributed by atoms with Gasteiger partial charge < -0.3 is 9.64 Å². The smallest absolute Gasteiger partial charge is 0.329 e. The second-order valence-electron chi connectivity index (χ2n) is 8.51. The van der Waals surface area contributed by atoms with Crippen LogP contribution in [0.5, 0.6) is 0 Å². The van der Waals surface area contributed by atoms with E-state index in [4.69, 9.17) is 4.74 Å². The number of ether oxygens (including phenoxy) is 1. The summed E-state index contributed by atoms with van der Waals surface area (Å²) < 4.78 is 7.60. The Balaban J connectivity index is 1.67. The summed E-state index contributed by atoms with van der Waals surface area (Å²) in [7, 11) is 0. The quantitative estimate of drug-likeness (QED) is 0.789. The monoisotopic (exact) mass is 412 g/mol. The molecule has 162 valence electrons. The molecule has 0 radical (unpaired) electrons. The van der Waals surface area contributed by atoms with Gasteiger partial charge >= 0.3 is 5.69 Å². The highest BCUT2D eigenvalue weighted by Crippen LogP contribution is 2.28. The first-order valence-corrected chi connectivity index (χ1v) is 11.2. The van der Waals surface area contributed by atoms with E-state index in [-0.39, 0.29) is 17.3 Å². The first-order valence-electron chi connectivity index (χ1n) is 11.2. The van der Waals surface area contributed by atoms with Crippen molar-refractivity contribution >= 4 is 17.0 Å². The number of likely N-dealkylation sites (tertiary alicyclic amines) is 1. The van der Waals surface area contributed by atoms with Crippen molar-refractivity contribution in [1.29, 1.82) is 0 Å². The highest BCUT2D eigenvalue weighted by Gasteiger charge is 2.27. The molecule has 7 heteroatoms. The lowest BCUT2D eigenvalue weighted by atomic mass is 10.0. The zero-order valence-electron chi connectivity index (χ0n) is 18.0. The summed E-state index contributed by atoms with van der Waals surface area (Å²) in [6, 6.07) is 0.0673. The van der Waals surface area contributed by atoms with E-state index in [2.05, 4.69) is 27.9 Å². The van der Waals surface area contributed by atoms with E-state index >= 15 is 0 Å². The van der Waals surface area contributed by atoms with Crippen molar-refractivity contribution < 1.29 is 4.74 Å². The molecule has 7 nitrogen and oxygen atoms in total. The van der Waals surface area contributed by atoms with E-state index in [1.165, 1.54) is 0 Å². The van der Waals surface area contributed by atoms with Crippen LogP contribution < -0.4 is 11.2 Å². The van der Waals surface area contributed by atoms with Crippen LogP contribution >= 0.6 is 0 Å². The maximum Gasteiger partial charge on any atom is 0.329 e. The summed E-state index contributed by atoms with van der Waals surface area (Å²) in [5, 5.41) is 0.484. The van der Waals surface area contributed by atoms with E-state index in [1.54, 1.807) is 6.20 Å². The number of pyridine rings is 1. The number of fused-ring (bicyclic) bond motifs is 1. The van der Waals surface area contributed by atoms with Gasteiger partial charge in [0.2, 0.25) is 0 Å². The maximum atomic E-state index is 12.9. The molecule has 2 saturated heterocycles. The van der Waals surface area contributed by atoms with E-state index in [0.29, 0.717) is 11.5 Å². The number of allylic oxidation sites excluding steroid dienone is 1. The van der Waals surface area contributed by atoms with Gasteiger partial charge in [-0.2, -0.15) is 0 Å². The van der Waals surface area contributed by atoms with Gasteiger partial charge in [-0.1, -0.05) is 25.5 Å². The number of aromatic nitrogens is 3. The number of piperidine rings is 1. The molecule has 0 amide bonds. The Hall–Kier alpha value is -2.25. The van der Waals surface area contributed by atoms with Crippen molar-refractivity contribution in [2.24, 2.45) is 0 Å². The van der Waals surface area contributed by atoms with E-state index in [1.807, 2.05) is 17.6 Å². The predicted molar refractivity (Wildman–Crippen MR) is 119 cm³/mol. The normalized spacial score (nSPS) is 21.2. The fourth-order valence-corrected chi connectivity index (χ4v) is 4.71. The van der Waals surface area contributed by atoms with Gasteiger partial charge in [-0.05, 0) is 39.0 Å². The molecule has 2 aliphatic rings. The third-order valence-electron chi connectivity index (χ3n) is 6.36. The molecule has 2 aromatic rings. The zero-order valence-corrected chi connectivity index (χ0v) is 18.0. The van der Waals surface area contributed by atoms with Crippen LogP contribution in [0.1, 0.15) is 62.7 Å². The average Bonchev–Trinajstić information content (AvgIpc) is 3.24. The zero-order chi connectivity index (χ0) is 21.1. The van der Waals surface area contributed by atoms with Gasteiger partial charge in [0.15, 0.2) is 0 Å². The average molecular weight is 413 g/mol. The molecule has 4 rings (SSSR count). The van der Waals surface area contributed by atoms with Crippen molar-refractivity contribution in [2.75, 3.05) is 26.2 Å². The summed E-state index contributed by atoms with van der Waals surface area (Å²) in [6.45, 7) is 7.78. The van der Waals surface area contributed by atoms with Crippen molar-refractivity contribution in [1.82, 2.24) is 19.4 Å². The molecular formula is C23H32N4O3. The number of hydrogen-bond acceptors (Lipinski definition) is 5. The van der Waals surface area contributed by atoms with Gasteiger partial charge in [0, 0.05) is 49.7 Å². The lowest BCUT2D eigenvalue weighted by molar-refractivity contribution is 0.0606. The van der Waals surface area contributed by atoms with Crippen LogP contribution in [0.15, 0.2) is 21.9 Å². The molecule has 1 N–H and O–H groups in total. The minimum absolute atomic E-state index is 0.0673. The molecule has 0 spiro atoms. The molecule has 2 aliphatic heterocycles. The van der Waals surface area contributed by atoms with Crippen molar-refractivity contribution in [3.05, 3.63) is 44.4 Å². The molecule has 30 heavy (non-hydrogen) atoms. The minimum atomic E-state index is -0.361. The number of hydrogen-bond donors (Lipinski definition) is 1. The molecule has 0 aromatic carbocycles. The molecule has 0 saturated carbocycles. The predicted octanol–water partition coefficient (Wildman–Crippen LogP) is 3.02. The Labute approximate surface area is 176 Å². The first-order chi connectivity index (χ1) is 14.6. The number of unbranched alkanes of at least 4 members (excludes halogenated alkanes) is 1. The molecule has 1 atom stereocenters. The van der Waals surface area contributed by atoms with Gasteiger partial charge in [0.25, 0.3) is 5.56 Å². The number of nitrogens with one attached hydrogen (secondary N) is 1. The number of aromatic amines is 1. The summed E-state index contributed by atoms with van der Waals surface area (Å²) >= 11 is 0. The van der Waals surface area contributed by atoms with E-state index in [9.17, 15) is 9.59 Å².